The topological polar surface area (TPSA) is 87.1 Å². The molecule has 0 radical (unpaired) electrons. The fourth-order valence-electron chi connectivity index (χ4n) is 1.06. The van der Waals surface area contributed by atoms with Gasteiger partial charge < -0.3 is 19.8 Å². The monoisotopic (exact) mass is 219 g/mol. The first-order chi connectivity index (χ1) is 7.02. The highest BCUT2D eigenvalue weighted by Gasteiger charge is 2.19. The van der Waals surface area contributed by atoms with Crippen molar-refractivity contribution < 1.29 is 24.5 Å². The average molecular weight is 219 g/mol. The van der Waals surface area contributed by atoms with Crippen molar-refractivity contribution in [3.63, 3.8) is 0 Å². The number of carboxylic acids is 1. The van der Waals surface area contributed by atoms with E-state index in [1.54, 1.807) is 0 Å². The number of aliphatic hydroxyl groups is 1. The van der Waals surface area contributed by atoms with Gasteiger partial charge in [-0.2, -0.15) is 0 Å². The van der Waals surface area contributed by atoms with Crippen molar-refractivity contribution in [3.05, 3.63) is 0 Å². The van der Waals surface area contributed by atoms with Crippen LogP contribution in [0.3, 0.4) is 0 Å². The lowest BCUT2D eigenvalue weighted by molar-refractivity contribution is -0.144. The van der Waals surface area contributed by atoms with Gasteiger partial charge in [0, 0.05) is 20.2 Å². The lowest BCUT2D eigenvalue weighted by Crippen LogP contribution is -2.40. The molecule has 6 nitrogen and oxygen atoms in total. The quantitative estimate of drug-likeness (QED) is 0.584. The standard InChI is InChI=1S/C9H17NO5/c1-7(9(13)14)5-10(3-4-11)8(12)6-15-2/h7,11H,3-6H2,1-2H3,(H,13,14). The molecule has 88 valence electrons. The molecule has 15 heavy (non-hydrogen) atoms. The Morgan fingerprint density at radius 1 is 1.47 bits per heavy atom. The second kappa shape index (κ2) is 7.19. The first kappa shape index (κ1) is 13.9. The molecule has 0 aliphatic carbocycles. The number of amides is 1. The molecule has 0 aromatic carbocycles. The number of rotatable bonds is 7. The van der Waals surface area contributed by atoms with Gasteiger partial charge in [-0.05, 0) is 0 Å². The summed E-state index contributed by atoms with van der Waals surface area (Å²) < 4.78 is 4.65. The number of methoxy groups -OCH3 is 1. The van der Waals surface area contributed by atoms with E-state index in [4.69, 9.17) is 10.2 Å². The highest BCUT2D eigenvalue weighted by atomic mass is 16.5. The van der Waals surface area contributed by atoms with Gasteiger partial charge in [-0.25, -0.2) is 0 Å². The minimum Gasteiger partial charge on any atom is -0.481 e. The van der Waals surface area contributed by atoms with Crippen molar-refractivity contribution in [1.82, 2.24) is 4.90 Å². The molecule has 6 heteroatoms. The maximum atomic E-state index is 11.4. The number of aliphatic carboxylic acids is 1. The first-order valence-corrected chi connectivity index (χ1v) is 4.63. The van der Waals surface area contributed by atoms with E-state index in [1.807, 2.05) is 0 Å². The van der Waals surface area contributed by atoms with Crippen LogP contribution in [0.25, 0.3) is 0 Å². The van der Waals surface area contributed by atoms with E-state index in [0.29, 0.717) is 0 Å². The fourth-order valence-corrected chi connectivity index (χ4v) is 1.06. The Morgan fingerprint density at radius 3 is 2.47 bits per heavy atom. The summed E-state index contributed by atoms with van der Waals surface area (Å²) in [6.45, 7) is 1.42. The maximum Gasteiger partial charge on any atom is 0.308 e. The molecule has 0 fully saturated rings. The molecule has 1 amide bonds. The summed E-state index contributed by atoms with van der Waals surface area (Å²) >= 11 is 0. The van der Waals surface area contributed by atoms with Gasteiger partial charge in [-0.1, -0.05) is 6.92 Å². The van der Waals surface area contributed by atoms with E-state index in [0.717, 1.165) is 0 Å². The Bertz CT molecular complexity index is 219. The van der Waals surface area contributed by atoms with Crippen LogP contribution in [-0.4, -0.2) is 60.4 Å². The van der Waals surface area contributed by atoms with Crippen LogP contribution in [0, 0.1) is 5.92 Å². The van der Waals surface area contributed by atoms with Gasteiger partial charge in [0.2, 0.25) is 5.91 Å². The molecular formula is C9H17NO5. The van der Waals surface area contributed by atoms with E-state index in [1.165, 1.54) is 18.9 Å². The molecule has 0 aromatic heterocycles. The van der Waals surface area contributed by atoms with Crippen LogP contribution in [0.5, 0.6) is 0 Å². The van der Waals surface area contributed by atoms with E-state index in [9.17, 15) is 9.59 Å². The van der Waals surface area contributed by atoms with Gasteiger partial charge in [0.05, 0.1) is 12.5 Å². The molecule has 0 aliphatic heterocycles. The summed E-state index contributed by atoms with van der Waals surface area (Å²) in [5.74, 6) is -1.94. The number of nitrogens with zero attached hydrogens (tertiary/aromatic N) is 1. The number of ether oxygens (including phenoxy) is 1. The van der Waals surface area contributed by atoms with Crippen molar-refractivity contribution in [3.8, 4) is 0 Å². The molecule has 0 saturated carbocycles. The molecular weight excluding hydrogens is 202 g/mol. The third-order valence-electron chi connectivity index (χ3n) is 1.91. The van der Waals surface area contributed by atoms with Gasteiger partial charge in [0.25, 0.3) is 0 Å². The smallest absolute Gasteiger partial charge is 0.308 e. The Kier molecular flexibility index (Phi) is 6.64. The number of aliphatic hydroxyl groups excluding tert-OH is 1. The Morgan fingerprint density at radius 2 is 2.07 bits per heavy atom. The minimum absolute atomic E-state index is 0.0814. The highest BCUT2D eigenvalue weighted by molar-refractivity contribution is 5.78. The third kappa shape index (κ3) is 5.34. The van der Waals surface area contributed by atoms with Crippen molar-refractivity contribution in [2.24, 2.45) is 5.92 Å². The number of hydrogen-bond donors (Lipinski definition) is 2. The molecule has 0 aromatic rings. The van der Waals surface area contributed by atoms with Crippen LogP contribution in [0.4, 0.5) is 0 Å². The van der Waals surface area contributed by atoms with Crippen LogP contribution in [0.1, 0.15) is 6.92 Å². The predicted molar refractivity (Wildman–Crippen MR) is 52.3 cm³/mol. The van der Waals surface area contributed by atoms with Crippen molar-refractivity contribution in [1.29, 1.82) is 0 Å². The van der Waals surface area contributed by atoms with E-state index >= 15 is 0 Å². The van der Waals surface area contributed by atoms with Crippen LogP contribution in [0.15, 0.2) is 0 Å². The van der Waals surface area contributed by atoms with Gasteiger partial charge in [-0.15, -0.1) is 0 Å². The molecule has 0 aliphatic rings. The second-order valence-electron chi connectivity index (χ2n) is 3.24. The van der Waals surface area contributed by atoms with E-state index in [2.05, 4.69) is 4.74 Å². The van der Waals surface area contributed by atoms with Crippen molar-refractivity contribution in [2.75, 3.05) is 33.4 Å². The third-order valence-corrected chi connectivity index (χ3v) is 1.91. The summed E-state index contributed by atoms with van der Waals surface area (Å²) in [6.07, 6.45) is 0. The molecule has 1 atom stereocenters. The Hall–Kier alpha value is -1.14. The molecule has 1 unspecified atom stereocenters. The molecule has 0 spiro atoms. The van der Waals surface area contributed by atoms with E-state index in [-0.39, 0.29) is 32.2 Å². The Balaban J connectivity index is 4.25. The van der Waals surface area contributed by atoms with Crippen molar-refractivity contribution >= 4 is 11.9 Å². The molecule has 2 N–H and O–H groups in total. The summed E-state index contributed by atoms with van der Waals surface area (Å²) in [4.78, 5) is 23.3. The van der Waals surface area contributed by atoms with Crippen LogP contribution < -0.4 is 0 Å². The SMILES string of the molecule is COCC(=O)N(CCO)CC(C)C(=O)O. The number of carboxylic acid groups (broad SMARTS) is 1. The van der Waals surface area contributed by atoms with Gasteiger partial charge in [0.15, 0.2) is 0 Å². The zero-order valence-electron chi connectivity index (χ0n) is 8.97. The maximum absolute atomic E-state index is 11.4. The molecule has 0 saturated heterocycles. The zero-order valence-corrected chi connectivity index (χ0v) is 8.97. The summed E-state index contributed by atoms with van der Waals surface area (Å²) in [7, 11) is 1.38. The molecule has 0 rings (SSSR count). The normalized spacial score (nSPS) is 12.2. The lowest BCUT2D eigenvalue weighted by Gasteiger charge is -2.23. The first-order valence-electron chi connectivity index (χ1n) is 4.63. The van der Waals surface area contributed by atoms with Gasteiger partial charge in [0.1, 0.15) is 6.61 Å². The summed E-state index contributed by atoms with van der Waals surface area (Å²) in [6, 6.07) is 0. The minimum atomic E-state index is -0.969. The van der Waals surface area contributed by atoms with E-state index < -0.39 is 11.9 Å². The van der Waals surface area contributed by atoms with Gasteiger partial charge in [-0.3, -0.25) is 9.59 Å². The largest absolute Gasteiger partial charge is 0.481 e. The van der Waals surface area contributed by atoms with Crippen LogP contribution in [-0.2, 0) is 14.3 Å². The zero-order chi connectivity index (χ0) is 11.8. The van der Waals surface area contributed by atoms with Gasteiger partial charge >= 0.3 is 5.97 Å². The highest BCUT2D eigenvalue weighted by Crippen LogP contribution is 2.01. The summed E-state index contributed by atoms with van der Waals surface area (Å²) in [5.41, 5.74) is 0. The molecule has 0 bridgehead atoms. The molecule has 0 heterocycles. The fraction of sp³-hybridized carbons (Fsp3) is 0.778. The lowest BCUT2D eigenvalue weighted by atomic mass is 10.1. The van der Waals surface area contributed by atoms with Crippen LogP contribution in [0.2, 0.25) is 0 Å². The number of carbonyl (C=O) groups excluding carboxylic acids is 1. The Labute approximate surface area is 88.4 Å². The van der Waals surface area contributed by atoms with Crippen molar-refractivity contribution in [2.45, 2.75) is 6.92 Å². The second-order valence-corrected chi connectivity index (χ2v) is 3.24. The number of hydrogen-bond acceptors (Lipinski definition) is 4. The van der Waals surface area contributed by atoms with Crippen LogP contribution >= 0.6 is 0 Å². The summed E-state index contributed by atoms with van der Waals surface area (Å²) in [5, 5.41) is 17.4. The number of carbonyl (C=O) groups is 2. The average Bonchev–Trinajstić information content (AvgIpc) is 2.17. The predicted octanol–water partition coefficient (Wildman–Crippen LogP) is -0.826.